The van der Waals surface area contributed by atoms with Gasteiger partial charge in [-0.3, -0.25) is 9.10 Å². The van der Waals surface area contributed by atoms with E-state index in [2.05, 4.69) is 21.2 Å². The zero-order valence-electron chi connectivity index (χ0n) is 12.8. The Labute approximate surface area is 144 Å². The van der Waals surface area contributed by atoms with Crippen LogP contribution in [0.5, 0.6) is 0 Å². The Morgan fingerprint density at radius 1 is 1.09 bits per heavy atom. The average Bonchev–Trinajstić information content (AvgIpc) is 2.56. The van der Waals surface area contributed by atoms with Crippen molar-refractivity contribution in [2.45, 2.75) is 6.92 Å². The van der Waals surface area contributed by atoms with Crippen LogP contribution in [0.3, 0.4) is 0 Å². The third-order valence-corrected chi connectivity index (χ3v) is 5.68. The normalized spacial score (nSPS) is 11.1. The van der Waals surface area contributed by atoms with Gasteiger partial charge < -0.3 is 5.32 Å². The molecule has 23 heavy (non-hydrogen) atoms. The second-order valence-corrected chi connectivity index (χ2v) is 8.08. The number of carbonyl (C=O) groups is 1. The zero-order valence-corrected chi connectivity index (χ0v) is 15.2. The predicted molar refractivity (Wildman–Crippen MR) is 96.4 cm³/mol. The number of nitrogens with zero attached hydrogens (tertiary/aromatic N) is 1. The number of hydrogen-bond acceptors (Lipinski definition) is 3. The van der Waals surface area contributed by atoms with Gasteiger partial charge >= 0.3 is 0 Å². The molecule has 0 bridgehead atoms. The van der Waals surface area contributed by atoms with Crippen molar-refractivity contribution in [2.24, 2.45) is 0 Å². The summed E-state index contributed by atoms with van der Waals surface area (Å²) in [6.45, 7) is 1.59. The van der Waals surface area contributed by atoms with E-state index < -0.39 is 10.0 Å². The van der Waals surface area contributed by atoms with Gasteiger partial charge in [-0.15, -0.1) is 0 Å². The highest BCUT2D eigenvalue weighted by molar-refractivity contribution is 9.10. The lowest BCUT2D eigenvalue weighted by molar-refractivity contribution is 0.102. The van der Waals surface area contributed by atoms with Gasteiger partial charge in [-0.1, -0.05) is 15.9 Å². The van der Waals surface area contributed by atoms with Crippen LogP contribution in [0, 0.1) is 0 Å². The van der Waals surface area contributed by atoms with Crippen molar-refractivity contribution in [3.8, 4) is 0 Å². The first-order valence-electron chi connectivity index (χ1n) is 6.97. The minimum Gasteiger partial charge on any atom is -0.322 e. The van der Waals surface area contributed by atoms with Crippen LogP contribution in [0.1, 0.15) is 17.3 Å². The number of halogens is 1. The summed E-state index contributed by atoms with van der Waals surface area (Å²) in [6.07, 6.45) is 0. The standard InChI is InChI=1S/C16H17BrN2O3S/c1-3-23(21,22)19(2)15-10-4-12(5-11-15)16(20)18-14-8-6-13(17)7-9-14/h4-11H,3H2,1-2H3,(H,18,20). The molecule has 0 fully saturated rings. The molecule has 0 atom stereocenters. The van der Waals surface area contributed by atoms with E-state index in [0.29, 0.717) is 16.9 Å². The van der Waals surface area contributed by atoms with Gasteiger partial charge in [-0.25, -0.2) is 8.42 Å². The number of rotatable bonds is 5. The lowest BCUT2D eigenvalue weighted by Crippen LogP contribution is -2.28. The maximum Gasteiger partial charge on any atom is 0.255 e. The van der Waals surface area contributed by atoms with Gasteiger partial charge in [0, 0.05) is 22.8 Å². The molecule has 7 heteroatoms. The van der Waals surface area contributed by atoms with Crippen LogP contribution in [-0.2, 0) is 10.0 Å². The first kappa shape index (κ1) is 17.5. The van der Waals surface area contributed by atoms with E-state index in [0.717, 1.165) is 4.47 Å². The van der Waals surface area contributed by atoms with Crippen molar-refractivity contribution >= 4 is 43.2 Å². The molecule has 0 heterocycles. The highest BCUT2D eigenvalue weighted by Crippen LogP contribution is 2.19. The molecular weight excluding hydrogens is 380 g/mol. The highest BCUT2D eigenvalue weighted by atomic mass is 79.9. The number of benzene rings is 2. The second-order valence-electron chi connectivity index (χ2n) is 4.88. The lowest BCUT2D eigenvalue weighted by Gasteiger charge is -2.18. The van der Waals surface area contributed by atoms with E-state index in [4.69, 9.17) is 0 Å². The Kier molecular flexibility index (Phi) is 5.43. The third-order valence-electron chi connectivity index (χ3n) is 3.38. The van der Waals surface area contributed by atoms with Crippen molar-refractivity contribution in [1.82, 2.24) is 0 Å². The van der Waals surface area contributed by atoms with E-state index in [-0.39, 0.29) is 11.7 Å². The molecule has 0 saturated carbocycles. The summed E-state index contributed by atoms with van der Waals surface area (Å²) in [7, 11) is -1.81. The molecule has 0 radical (unpaired) electrons. The summed E-state index contributed by atoms with van der Waals surface area (Å²) >= 11 is 3.33. The number of amides is 1. The van der Waals surface area contributed by atoms with Crippen LogP contribution < -0.4 is 9.62 Å². The van der Waals surface area contributed by atoms with Crippen molar-refractivity contribution in [2.75, 3.05) is 22.4 Å². The summed E-state index contributed by atoms with van der Waals surface area (Å²) < 4.78 is 25.8. The van der Waals surface area contributed by atoms with Crippen LogP contribution in [0.25, 0.3) is 0 Å². The van der Waals surface area contributed by atoms with Crippen LogP contribution in [-0.4, -0.2) is 27.1 Å². The van der Waals surface area contributed by atoms with Crippen molar-refractivity contribution in [1.29, 1.82) is 0 Å². The van der Waals surface area contributed by atoms with Gasteiger partial charge in [-0.05, 0) is 55.5 Å². The number of hydrogen-bond donors (Lipinski definition) is 1. The summed E-state index contributed by atoms with van der Waals surface area (Å²) in [5.41, 5.74) is 1.67. The molecular formula is C16H17BrN2O3S. The fourth-order valence-corrected chi connectivity index (χ4v) is 3.01. The quantitative estimate of drug-likeness (QED) is 0.840. The fourth-order valence-electron chi connectivity index (χ4n) is 1.91. The first-order valence-corrected chi connectivity index (χ1v) is 9.37. The van der Waals surface area contributed by atoms with Gasteiger partial charge in [0.1, 0.15) is 0 Å². The molecule has 0 aliphatic rings. The van der Waals surface area contributed by atoms with Crippen LogP contribution in [0.4, 0.5) is 11.4 Å². The monoisotopic (exact) mass is 396 g/mol. The molecule has 0 aromatic heterocycles. The minimum atomic E-state index is -3.31. The number of carbonyl (C=O) groups excluding carboxylic acids is 1. The summed E-state index contributed by atoms with van der Waals surface area (Å²) in [6, 6.07) is 13.7. The van der Waals surface area contributed by atoms with E-state index in [9.17, 15) is 13.2 Å². The van der Waals surface area contributed by atoms with Crippen LogP contribution >= 0.6 is 15.9 Å². The summed E-state index contributed by atoms with van der Waals surface area (Å²) in [5, 5.41) is 2.78. The topological polar surface area (TPSA) is 66.5 Å². The number of sulfonamides is 1. The number of anilines is 2. The molecule has 1 N–H and O–H groups in total. The maximum absolute atomic E-state index is 12.2. The molecule has 2 aromatic rings. The molecule has 0 saturated heterocycles. The maximum atomic E-state index is 12.2. The Morgan fingerprint density at radius 3 is 2.17 bits per heavy atom. The number of nitrogens with one attached hydrogen (secondary N) is 1. The molecule has 0 aliphatic heterocycles. The van der Waals surface area contributed by atoms with Crippen molar-refractivity contribution in [3.05, 3.63) is 58.6 Å². The van der Waals surface area contributed by atoms with Gasteiger partial charge in [0.25, 0.3) is 5.91 Å². The highest BCUT2D eigenvalue weighted by Gasteiger charge is 2.16. The van der Waals surface area contributed by atoms with Gasteiger partial charge in [0.05, 0.1) is 11.4 Å². The Bertz CT molecular complexity index is 787. The molecule has 5 nitrogen and oxygen atoms in total. The van der Waals surface area contributed by atoms with Crippen molar-refractivity contribution < 1.29 is 13.2 Å². The minimum absolute atomic E-state index is 0.0231. The van der Waals surface area contributed by atoms with Crippen molar-refractivity contribution in [3.63, 3.8) is 0 Å². The molecule has 0 unspecified atom stereocenters. The smallest absolute Gasteiger partial charge is 0.255 e. The second kappa shape index (κ2) is 7.14. The van der Waals surface area contributed by atoms with Crippen LogP contribution in [0.15, 0.2) is 53.0 Å². The SMILES string of the molecule is CCS(=O)(=O)N(C)c1ccc(C(=O)Nc2ccc(Br)cc2)cc1. The van der Waals surface area contributed by atoms with Gasteiger partial charge in [-0.2, -0.15) is 0 Å². The van der Waals surface area contributed by atoms with E-state index in [1.807, 2.05) is 12.1 Å². The third kappa shape index (κ3) is 4.33. The molecule has 2 aromatic carbocycles. The van der Waals surface area contributed by atoms with Gasteiger partial charge in [0.15, 0.2) is 0 Å². The van der Waals surface area contributed by atoms with E-state index in [1.165, 1.54) is 11.4 Å². The molecule has 1 amide bonds. The largest absolute Gasteiger partial charge is 0.322 e. The summed E-state index contributed by atoms with van der Waals surface area (Å²) in [5.74, 6) is -0.227. The average molecular weight is 397 g/mol. The Morgan fingerprint density at radius 2 is 1.65 bits per heavy atom. The van der Waals surface area contributed by atoms with E-state index in [1.54, 1.807) is 43.3 Å². The first-order chi connectivity index (χ1) is 10.8. The Balaban J connectivity index is 2.13. The molecule has 2 rings (SSSR count). The molecule has 0 spiro atoms. The van der Waals surface area contributed by atoms with Gasteiger partial charge in [0.2, 0.25) is 10.0 Å². The predicted octanol–water partition coefficient (Wildman–Crippen LogP) is 3.49. The van der Waals surface area contributed by atoms with E-state index >= 15 is 0 Å². The fraction of sp³-hybridized carbons (Fsp3) is 0.188. The van der Waals surface area contributed by atoms with Crippen LogP contribution in [0.2, 0.25) is 0 Å². The zero-order chi connectivity index (χ0) is 17.0. The summed E-state index contributed by atoms with van der Waals surface area (Å²) in [4.78, 5) is 12.2. The Hall–Kier alpha value is -1.86. The lowest BCUT2D eigenvalue weighted by atomic mass is 10.2. The molecule has 0 aliphatic carbocycles. The molecule has 122 valence electrons.